The summed E-state index contributed by atoms with van der Waals surface area (Å²) in [5.74, 6) is 1.48. The minimum Gasteiger partial charge on any atom is -0.493 e. The Labute approximate surface area is 168 Å². The molecule has 2 atom stereocenters. The summed E-state index contributed by atoms with van der Waals surface area (Å²) in [5.41, 5.74) is 1.70. The molecule has 0 N–H and O–H groups in total. The number of fused-ring (bicyclic) bond motifs is 2. The fourth-order valence-corrected chi connectivity index (χ4v) is 4.27. The number of carbonyl (C=O) groups excluding carboxylic acids is 1. The third-order valence-corrected chi connectivity index (χ3v) is 5.96. The number of carbonyl (C=O) groups is 1. The van der Waals surface area contributed by atoms with Crippen LogP contribution in [0.4, 0.5) is 0 Å². The van der Waals surface area contributed by atoms with Crippen molar-refractivity contribution in [2.45, 2.75) is 51.1 Å². The zero-order chi connectivity index (χ0) is 20.3. The first-order valence-electron chi connectivity index (χ1n) is 10.1. The average molecular weight is 389 g/mol. The lowest BCUT2D eigenvalue weighted by molar-refractivity contribution is 0.0783. The molecule has 1 fully saturated rings. The van der Waals surface area contributed by atoms with Crippen molar-refractivity contribution in [1.29, 1.82) is 0 Å². The Hall–Kier alpha value is -2.21. The maximum Gasteiger partial charge on any atom is 0.258 e. The number of rotatable bonds is 8. The van der Waals surface area contributed by atoms with Gasteiger partial charge in [0, 0.05) is 36.3 Å². The first-order chi connectivity index (χ1) is 13.5. The molecule has 1 amide bonds. The molecule has 0 saturated carbocycles. The molecule has 1 aromatic rings. The predicted molar refractivity (Wildman–Crippen MR) is 109 cm³/mol. The molecule has 0 radical (unpaired) electrons. The molecule has 154 valence electrons. The van der Waals surface area contributed by atoms with Gasteiger partial charge < -0.3 is 19.1 Å². The van der Waals surface area contributed by atoms with E-state index in [2.05, 4.69) is 24.9 Å². The van der Waals surface area contributed by atoms with Crippen LogP contribution in [-0.2, 0) is 0 Å². The Balaban J connectivity index is 1.95. The van der Waals surface area contributed by atoms with E-state index >= 15 is 0 Å². The molecule has 6 nitrogen and oxygen atoms in total. The Morgan fingerprint density at radius 2 is 1.82 bits per heavy atom. The molecule has 6 heteroatoms. The van der Waals surface area contributed by atoms with Gasteiger partial charge in [0.15, 0.2) is 11.5 Å². The van der Waals surface area contributed by atoms with E-state index in [-0.39, 0.29) is 5.91 Å². The monoisotopic (exact) mass is 388 g/mol. The van der Waals surface area contributed by atoms with Gasteiger partial charge in [-0.3, -0.25) is 9.69 Å². The number of likely N-dealkylation sites (N-methyl/N-ethyl adjacent to an activating group) is 1. The van der Waals surface area contributed by atoms with Gasteiger partial charge in [0.1, 0.15) is 0 Å². The zero-order valence-electron chi connectivity index (χ0n) is 17.7. The van der Waals surface area contributed by atoms with Gasteiger partial charge in [-0.1, -0.05) is 13.3 Å². The standard InChI is InChI=1S/C22H32N2O4/c1-6-7-10-24(18-13-16-8-9-17(14-18)23(16)2)22(25)15-11-19(26-3)21(28-5)20(12-15)27-4/h11-13,16-17H,6-10,14H2,1-5H3/t16-,17+/m1/s1. The highest BCUT2D eigenvalue weighted by atomic mass is 16.5. The highest BCUT2D eigenvalue weighted by molar-refractivity contribution is 5.96. The second-order valence-electron chi connectivity index (χ2n) is 7.55. The van der Waals surface area contributed by atoms with Crippen LogP contribution in [0.25, 0.3) is 0 Å². The van der Waals surface area contributed by atoms with Crippen LogP contribution in [0, 0.1) is 0 Å². The minimum atomic E-state index is -0.0112. The van der Waals surface area contributed by atoms with Gasteiger partial charge in [0.2, 0.25) is 5.75 Å². The van der Waals surface area contributed by atoms with E-state index in [1.54, 1.807) is 33.5 Å². The fourth-order valence-electron chi connectivity index (χ4n) is 4.27. The summed E-state index contributed by atoms with van der Waals surface area (Å²) in [4.78, 5) is 17.9. The molecule has 2 aliphatic heterocycles. The fraction of sp³-hybridized carbons (Fsp3) is 0.591. The van der Waals surface area contributed by atoms with E-state index in [9.17, 15) is 4.79 Å². The van der Waals surface area contributed by atoms with E-state index in [4.69, 9.17) is 14.2 Å². The van der Waals surface area contributed by atoms with Crippen molar-refractivity contribution in [2.75, 3.05) is 34.9 Å². The number of ether oxygens (including phenoxy) is 3. The van der Waals surface area contributed by atoms with E-state index in [1.807, 2.05) is 4.90 Å². The third kappa shape index (κ3) is 3.83. The topological polar surface area (TPSA) is 51.2 Å². The Bertz CT molecular complexity index is 721. The van der Waals surface area contributed by atoms with Crippen molar-refractivity contribution in [3.05, 3.63) is 29.5 Å². The Morgan fingerprint density at radius 1 is 1.14 bits per heavy atom. The predicted octanol–water partition coefficient (Wildman–Crippen LogP) is 3.71. The molecule has 0 aliphatic carbocycles. The van der Waals surface area contributed by atoms with Crippen molar-refractivity contribution < 1.29 is 19.0 Å². The van der Waals surface area contributed by atoms with Crippen molar-refractivity contribution in [3.63, 3.8) is 0 Å². The second kappa shape index (κ2) is 8.86. The molecule has 1 saturated heterocycles. The number of hydrogen-bond donors (Lipinski definition) is 0. The van der Waals surface area contributed by atoms with Crippen LogP contribution in [0.15, 0.2) is 23.9 Å². The number of nitrogens with zero attached hydrogens (tertiary/aromatic N) is 2. The van der Waals surface area contributed by atoms with Crippen LogP contribution >= 0.6 is 0 Å². The first kappa shape index (κ1) is 20.5. The molecule has 3 rings (SSSR count). The number of unbranched alkanes of at least 4 members (excludes halogenated alkanes) is 1. The average Bonchev–Trinajstić information content (AvgIpc) is 2.93. The van der Waals surface area contributed by atoms with Gasteiger partial charge >= 0.3 is 0 Å². The molecule has 28 heavy (non-hydrogen) atoms. The van der Waals surface area contributed by atoms with Crippen LogP contribution in [0.2, 0.25) is 0 Å². The van der Waals surface area contributed by atoms with Gasteiger partial charge in [-0.05, 0) is 44.5 Å². The number of hydrogen-bond acceptors (Lipinski definition) is 5. The molecule has 2 heterocycles. The van der Waals surface area contributed by atoms with Crippen LogP contribution in [-0.4, -0.2) is 62.7 Å². The van der Waals surface area contributed by atoms with Crippen LogP contribution < -0.4 is 14.2 Å². The summed E-state index contributed by atoms with van der Waals surface area (Å²) in [5, 5.41) is 0. The summed E-state index contributed by atoms with van der Waals surface area (Å²) < 4.78 is 16.3. The van der Waals surface area contributed by atoms with E-state index in [1.165, 1.54) is 12.8 Å². The summed E-state index contributed by atoms with van der Waals surface area (Å²) in [7, 11) is 6.89. The van der Waals surface area contributed by atoms with Gasteiger partial charge in [-0.15, -0.1) is 0 Å². The van der Waals surface area contributed by atoms with Crippen molar-refractivity contribution in [3.8, 4) is 17.2 Å². The smallest absolute Gasteiger partial charge is 0.258 e. The molecular formula is C22H32N2O4. The van der Waals surface area contributed by atoms with Crippen molar-refractivity contribution in [2.24, 2.45) is 0 Å². The molecule has 0 spiro atoms. The summed E-state index contributed by atoms with van der Waals surface area (Å²) in [6.45, 7) is 2.87. The van der Waals surface area contributed by atoms with Crippen LogP contribution in [0.1, 0.15) is 49.4 Å². The maximum atomic E-state index is 13.5. The largest absolute Gasteiger partial charge is 0.493 e. The lowest BCUT2D eigenvalue weighted by atomic mass is 10.0. The summed E-state index contributed by atoms with van der Waals surface area (Å²) >= 11 is 0. The van der Waals surface area contributed by atoms with Crippen molar-refractivity contribution in [1.82, 2.24) is 9.80 Å². The molecule has 0 unspecified atom stereocenters. The van der Waals surface area contributed by atoms with E-state index < -0.39 is 0 Å². The third-order valence-electron chi connectivity index (χ3n) is 5.96. The summed E-state index contributed by atoms with van der Waals surface area (Å²) in [6, 6.07) is 4.45. The van der Waals surface area contributed by atoms with E-state index in [0.29, 0.717) is 34.9 Å². The lowest BCUT2D eigenvalue weighted by Gasteiger charge is -2.35. The number of methoxy groups -OCH3 is 3. The quantitative estimate of drug-likeness (QED) is 0.680. The van der Waals surface area contributed by atoms with Crippen molar-refractivity contribution >= 4 is 5.91 Å². The van der Waals surface area contributed by atoms with Crippen LogP contribution in [0.5, 0.6) is 17.2 Å². The normalized spacial score (nSPS) is 21.2. The molecule has 2 bridgehead atoms. The SMILES string of the molecule is CCCCN(C(=O)c1cc(OC)c(OC)c(OC)c1)C1=C[C@H]2CC[C@@H](C1)N2C. The number of benzene rings is 1. The minimum absolute atomic E-state index is 0.0112. The highest BCUT2D eigenvalue weighted by Gasteiger charge is 2.36. The van der Waals surface area contributed by atoms with Gasteiger partial charge in [-0.2, -0.15) is 0 Å². The van der Waals surface area contributed by atoms with Gasteiger partial charge in [0.05, 0.1) is 21.3 Å². The molecule has 2 aliphatic rings. The number of amides is 1. The molecular weight excluding hydrogens is 356 g/mol. The Kier molecular flexibility index (Phi) is 6.50. The lowest BCUT2D eigenvalue weighted by Crippen LogP contribution is -2.41. The second-order valence-corrected chi connectivity index (χ2v) is 7.55. The Morgan fingerprint density at radius 3 is 2.36 bits per heavy atom. The molecule has 0 aromatic heterocycles. The van der Waals surface area contributed by atoms with Gasteiger partial charge in [-0.25, -0.2) is 0 Å². The first-order valence-corrected chi connectivity index (χ1v) is 10.1. The highest BCUT2D eigenvalue weighted by Crippen LogP contribution is 2.40. The zero-order valence-corrected chi connectivity index (χ0v) is 17.7. The maximum absolute atomic E-state index is 13.5. The van der Waals surface area contributed by atoms with Crippen LogP contribution in [0.3, 0.4) is 0 Å². The van der Waals surface area contributed by atoms with E-state index in [0.717, 1.165) is 31.5 Å². The summed E-state index contributed by atoms with van der Waals surface area (Å²) in [6.07, 6.45) is 7.59. The molecule has 1 aromatic carbocycles. The van der Waals surface area contributed by atoms with Gasteiger partial charge in [0.25, 0.3) is 5.91 Å².